The second kappa shape index (κ2) is 6.42. The molecule has 0 radical (unpaired) electrons. The highest BCUT2D eigenvalue weighted by Crippen LogP contribution is 2.23. The van der Waals surface area contributed by atoms with E-state index in [4.69, 9.17) is 4.74 Å². The summed E-state index contributed by atoms with van der Waals surface area (Å²) in [5.41, 5.74) is 0.495. The van der Waals surface area contributed by atoms with Crippen molar-refractivity contribution >= 4 is 29.1 Å². The first-order chi connectivity index (χ1) is 9.63. The topological polar surface area (TPSA) is 83.3 Å². The molecule has 0 saturated carbocycles. The van der Waals surface area contributed by atoms with E-state index in [0.29, 0.717) is 16.5 Å². The van der Waals surface area contributed by atoms with Crippen molar-refractivity contribution in [1.29, 1.82) is 0 Å². The van der Waals surface area contributed by atoms with Gasteiger partial charge in [-0.3, -0.25) is 4.79 Å². The predicted octanol–water partition coefficient (Wildman–Crippen LogP) is 1.73. The van der Waals surface area contributed by atoms with Crippen LogP contribution in [-0.2, 0) is 4.79 Å². The van der Waals surface area contributed by atoms with Crippen molar-refractivity contribution < 1.29 is 14.6 Å². The zero-order chi connectivity index (χ0) is 14.5. The molecule has 0 spiro atoms. The Kier molecular flexibility index (Phi) is 4.62. The molecule has 0 unspecified atom stereocenters. The Morgan fingerprint density at radius 1 is 1.55 bits per heavy atom. The van der Waals surface area contributed by atoms with Crippen LogP contribution in [0.25, 0.3) is 0 Å². The van der Waals surface area contributed by atoms with E-state index in [9.17, 15) is 9.90 Å². The second-order valence-electron chi connectivity index (χ2n) is 4.08. The molecule has 0 aromatic heterocycles. The molecule has 1 saturated heterocycles. The minimum absolute atomic E-state index is 0.0457. The van der Waals surface area contributed by atoms with Crippen LogP contribution >= 0.6 is 11.8 Å². The number of methoxy groups -OCH3 is 1. The Labute approximate surface area is 120 Å². The summed E-state index contributed by atoms with van der Waals surface area (Å²) in [5, 5.41) is 20.5. The third kappa shape index (κ3) is 3.30. The van der Waals surface area contributed by atoms with E-state index in [-0.39, 0.29) is 16.9 Å². The van der Waals surface area contributed by atoms with Crippen LogP contribution in [0.4, 0.5) is 0 Å². The van der Waals surface area contributed by atoms with Gasteiger partial charge in [0.2, 0.25) is 5.91 Å². The van der Waals surface area contributed by atoms with Gasteiger partial charge in [0.1, 0.15) is 11.5 Å². The quantitative estimate of drug-likeness (QED) is 0.654. The highest BCUT2D eigenvalue weighted by Gasteiger charge is 2.28. The summed E-state index contributed by atoms with van der Waals surface area (Å²) in [6, 6.07) is 4.82. The van der Waals surface area contributed by atoms with E-state index < -0.39 is 0 Å². The second-order valence-corrected chi connectivity index (χ2v) is 5.27. The Morgan fingerprint density at radius 3 is 3.00 bits per heavy atom. The highest BCUT2D eigenvalue weighted by atomic mass is 32.2. The Hall–Kier alpha value is -2.02. The fourth-order valence-electron chi connectivity index (χ4n) is 1.63. The average Bonchev–Trinajstić information content (AvgIpc) is 2.81. The maximum Gasteiger partial charge on any atom is 0.239 e. The molecule has 0 aliphatic carbocycles. The molecule has 2 rings (SSSR count). The first-order valence-electron chi connectivity index (χ1n) is 6.09. The van der Waals surface area contributed by atoms with Crippen molar-refractivity contribution in [3.05, 3.63) is 23.8 Å². The van der Waals surface area contributed by atoms with Crippen LogP contribution in [0.5, 0.6) is 11.5 Å². The van der Waals surface area contributed by atoms with Crippen LogP contribution in [0.15, 0.2) is 28.4 Å². The molecule has 1 aromatic carbocycles. The van der Waals surface area contributed by atoms with Crippen LogP contribution in [0.2, 0.25) is 0 Å². The molecule has 1 amide bonds. The number of hydrogen-bond acceptors (Lipinski definition) is 6. The van der Waals surface area contributed by atoms with Gasteiger partial charge >= 0.3 is 0 Å². The lowest BCUT2D eigenvalue weighted by atomic mass is 10.2. The van der Waals surface area contributed by atoms with Gasteiger partial charge in [-0.2, -0.15) is 5.10 Å². The van der Waals surface area contributed by atoms with E-state index >= 15 is 0 Å². The number of carbonyl (C=O) groups is 1. The Morgan fingerprint density at radius 2 is 2.35 bits per heavy atom. The number of carbonyl (C=O) groups excluding carboxylic acids is 1. The smallest absolute Gasteiger partial charge is 0.239 e. The lowest BCUT2D eigenvalue weighted by Crippen LogP contribution is -2.24. The van der Waals surface area contributed by atoms with Gasteiger partial charge < -0.3 is 15.2 Å². The summed E-state index contributed by atoms with van der Waals surface area (Å²) in [6.07, 6.45) is 2.16. The van der Waals surface area contributed by atoms with E-state index in [1.165, 1.54) is 24.0 Å². The van der Waals surface area contributed by atoms with Gasteiger partial charge in [0.15, 0.2) is 5.17 Å². The first kappa shape index (κ1) is 14.4. The zero-order valence-corrected chi connectivity index (χ0v) is 12.0. The van der Waals surface area contributed by atoms with Crippen LogP contribution < -0.4 is 10.1 Å². The molecular formula is C13H15N3O3S. The molecule has 1 aliphatic heterocycles. The van der Waals surface area contributed by atoms with Crippen molar-refractivity contribution in [2.75, 3.05) is 7.11 Å². The van der Waals surface area contributed by atoms with Crippen molar-refractivity contribution in [2.24, 2.45) is 10.2 Å². The molecule has 0 bridgehead atoms. The van der Waals surface area contributed by atoms with Crippen LogP contribution in [0.3, 0.4) is 0 Å². The number of hydrogen-bond donors (Lipinski definition) is 2. The van der Waals surface area contributed by atoms with Gasteiger partial charge in [-0.15, -0.1) is 5.10 Å². The summed E-state index contributed by atoms with van der Waals surface area (Å²) >= 11 is 1.35. The predicted molar refractivity (Wildman–Crippen MR) is 79.5 cm³/mol. The molecule has 1 heterocycles. The number of benzene rings is 1. The normalized spacial score (nSPS) is 20.6. The van der Waals surface area contributed by atoms with Gasteiger partial charge in [-0.25, -0.2) is 0 Å². The van der Waals surface area contributed by atoms with E-state index in [1.807, 2.05) is 6.92 Å². The molecule has 2 N–H and O–H groups in total. The van der Waals surface area contributed by atoms with Crippen molar-refractivity contribution in [1.82, 2.24) is 5.32 Å². The van der Waals surface area contributed by atoms with E-state index in [0.717, 1.165) is 6.42 Å². The lowest BCUT2D eigenvalue weighted by molar-refractivity contribution is -0.118. The number of rotatable bonds is 4. The fourth-order valence-corrected chi connectivity index (χ4v) is 2.48. The molecule has 1 fully saturated rings. The number of phenolic OH excluding ortho intramolecular Hbond substituents is 1. The Bertz CT molecular complexity index is 572. The van der Waals surface area contributed by atoms with Crippen LogP contribution in [-0.4, -0.2) is 34.8 Å². The number of aromatic hydroxyl groups is 1. The maximum atomic E-state index is 11.5. The number of amidine groups is 1. The fraction of sp³-hybridized carbons (Fsp3) is 0.308. The SMILES string of the molecule is CC[C@@H]1SC(=N/N=C\c2cc(OC)ccc2O)NC1=O. The standard InChI is InChI=1S/C13H15N3O3S/c1-3-11-12(18)15-13(20-11)16-14-7-8-6-9(19-2)4-5-10(8)17/h4-7,11,17H,3H2,1-2H3,(H,15,16,18)/b14-7-/t11-/m0/s1. The maximum absolute atomic E-state index is 11.5. The van der Waals surface area contributed by atoms with E-state index in [2.05, 4.69) is 15.5 Å². The van der Waals surface area contributed by atoms with Gasteiger partial charge in [0.05, 0.1) is 18.6 Å². The molecular weight excluding hydrogens is 278 g/mol. The minimum Gasteiger partial charge on any atom is -0.507 e. The third-order valence-corrected chi connectivity index (χ3v) is 3.97. The van der Waals surface area contributed by atoms with Gasteiger partial charge in [0, 0.05) is 5.56 Å². The number of thioether (sulfide) groups is 1. The summed E-state index contributed by atoms with van der Waals surface area (Å²) in [5.74, 6) is 0.659. The first-order valence-corrected chi connectivity index (χ1v) is 6.97. The van der Waals surface area contributed by atoms with Crippen molar-refractivity contribution in [3.63, 3.8) is 0 Å². The van der Waals surface area contributed by atoms with Crippen molar-refractivity contribution in [2.45, 2.75) is 18.6 Å². The molecule has 6 nitrogen and oxygen atoms in total. The largest absolute Gasteiger partial charge is 0.507 e. The van der Waals surface area contributed by atoms with Crippen LogP contribution in [0, 0.1) is 0 Å². The summed E-state index contributed by atoms with van der Waals surface area (Å²) in [6.45, 7) is 1.94. The number of ether oxygens (including phenoxy) is 1. The molecule has 7 heteroatoms. The monoisotopic (exact) mass is 293 g/mol. The van der Waals surface area contributed by atoms with Crippen LogP contribution in [0.1, 0.15) is 18.9 Å². The molecule has 1 atom stereocenters. The summed E-state index contributed by atoms with van der Waals surface area (Å²) < 4.78 is 5.06. The molecule has 1 aliphatic rings. The average molecular weight is 293 g/mol. The summed E-state index contributed by atoms with van der Waals surface area (Å²) in [4.78, 5) is 11.5. The third-order valence-electron chi connectivity index (χ3n) is 2.73. The zero-order valence-electron chi connectivity index (χ0n) is 11.2. The highest BCUT2D eigenvalue weighted by molar-refractivity contribution is 8.15. The number of nitrogens with one attached hydrogen (secondary N) is 1. The lowest BCUT2D eigenvalue weighted by Gasteiger charge is -2.02. The number of nitrogens with zero attached hydrogens (tertiary/aromatic N) is 2. The van der Waals surface area contributed by atoms with Gasteiger partial charge in [-0.05, 0) is 24.6 Å². The Balaban J connectivity index is 2.09. The van der Waals surface area contributed by atoms with Gasteiger partial charge in [-0.1, -0.05) is 18.7 Å². The molecule has 106 valence electrons. The van der Waals surface area contributed by atoms with Crippen molar-refractivity contribution in [3.8, 4) is 11.5 Å². The van der Waals surface area contributed by atoms with E-state index in [1.54, 1.807) is 19.2 Å². The number of amides is 1. The minimum atomic E-state index is -0.103. The van der Waals surface area contributed by atoms with Gasteiger partial charge in [0.25, 0.3) is 0 Å². The summed E-state index contributed by atoms with van der Waals surface area (Å²) in [7, 11) is 1.54. The molecule has 20 heavy (non-hydrogen) atoms. The number of phenols is 1. The molecule has 1 aromatic rings.